The summed E-state index contributed by atoms with van der Waals surface area (Å²) in [6.45, 7) is 2.21. The van der Waals surface area contributed by atoms with E-state index < -0.39 is 0 Å². The van der Waals surface area contributed by atoms with E-state index in [0.717, 1.165) is 27.6 Å². The number of unbranched alkanes of at least 4 members (excludes halogenated alkanes) is 1. The Hall–Kier alpha value is -1.81. The summed E-state index contributed by atoms with van der Waals surface area (Å²) in [7, 11) is 0. The van der Waals surface area contributed by atoms with E-state index in [1.54, 1.807) is 0 Å². The van der Waals surface area contributed by atoms with Crippen LogP contribution in [0.15, 0.2) is 46.9 Å². The van der Waals surface area contributed by atoms with Crippen LogP contribution in [0.4, 0.5) is 5.95 Å². The van der Waals surface area contributed by atoms with Crippen molar-refractivity contribution >= 4 is 32.9 Å². The number of hydrogen-bond donors (Lipinski definition) is 1. The fraction of sp³-hybridized carbons (Fsp3) is 0.235. The van der Waals surface area contributed by atoms with Gasteiger partial charge < -0.3 is 5.73 Å². The van der Waals surface area contributed by atoms with E-state index in [1.807, 2.05) is 22.8 Å². The molecule has 21 heavy (non-hydrogen) atoms. The maximum absolute atomic E-state index is 6.09. The predicted molar refractivity (Wildman–Crippen MR) is 91.8 cm³/mol. The highest BCUT2D eigenvalue weighted by Crippen LogP contribution is 2.26. The van der Waals surface area contributed by atoms with Gasteiger partial charge in [0.05, 0.1) is 11.0 Å². The van der Waals surface area contributed by atoms with Crippen LogP contribution in [0, 0.1) is 0 Å². The van der Waals surface area contributed by atoms with Gasteiger partial charge in [-0.25, -0.2) is 4.98 Å². The Bertz CT molecular complexity index is 760. The summed E-state index contributed by atoms with van der Waals surface area (Å²) in [6, 6.07) is 14.6. The lowest BCUT2D eigenvalue weighted by atomic mass is 10.1. The Balaban J connectivity index is 2.03. The monoisotopic (exact) mass is 343 g/mol. The maximum Gasteiger partial charge on any atom is 0.205 e. The summed E-state index contributed by atoms with van der Waals surface area (Å²) in [5, 5.41) is 0. The molecule has 3 aromatic rings. The van der Waals surface area contributed by atoms with Gasteiger partial charge in [-0.05, 0) is 48.7 Å². The topological polar surface area (TPSA) is 43.8 Å². The number of imidazole rings is 1. The molecule has 108 valence electrons. The van der Waals surface area contributed by atoms with E-state index >= 15 is 0 Å². The van der Waals surface area contributed by atoms with E-state index in [-0.39, 0.29) is 0 Å². The number of halogens is 1. The van der Waals surface area contributed by atoms with Crippen molar-refractivity contribution in [2.75, 3.05) is 5.73 Å². The first-order valence-corrected chi connectivity index (χ1v) is 8.01. The van der Waals surface area contributed by atoms with Crippen molar-refractivity contribution in [2.24, 2.45) is 0 Å². The number of nitrogens with zero attached hydrogens (tertiary/aromatic N) is 2. The number of benzene rings is 2. The minimum Gasteiger partial charge on any atom is -0.369 e. The highest BCUT2D eigenvalue weighted by molar-refractivity contribution is 9.10. The van der Waals surface area contributed by atoms with Gasteiger partial charge in [0.25, 0.3) is 0 Å². The molecule has 0 saturated carbocycles. The molecule has 3 nitrogen and oxygen atoms in total. The number of anilines is 1. The van der Waals surface area contributed by atoms with Crippen LogP contribution in [0.5, 0.6) is 0 Å². The van der Waals surface area contributed by atoms with Gasteiger partial charge in [0, 0.05) is 10.2 Å². The number of nitrogen functional groups attached to an aromatic ring is 1. The molecule has 1 heterocycles. The highest BCUT2D eigenvalue weighted by Gasteiger charge is 2.10. The van der Waals surface area contributed by atoms with Crippen LogP contribution >= 0.6 is 15.9 Å². The van der Waals surface area contributed by atoms with Crippen LogP contribution in [-0.2, 0) is 6.42 Å². The van der Waals surface area contributed by atoms with Crippen molar-refractivity contribution < 1.29 is 0 Å². The lowest BCUT2D eigenvalue weighted by molar-refractivity contribution is 0.795. The molecule has 0 aliphatic carbocycles. The summed E-state index contributed by atoms with van der Waals surface area (Å²) < 4.78 is 3.01. The molecule has 0 aliphatic heterocycles. The minimum atomic E-state index is 0.518. The first-order valence-electron chi connectivity index (χ1n) is 7.22. The van der Waals surface area contributed by atoms with E-state index in [1.165, 1.54) is 18.4 Å². The van der Waals surface area contributed by atoms with Crippen LogP contribution in [0.3, 0.4) is 0 Å². The average molecular weight is 344 g/mol. The third kappa shape index (κ3) is 2.81. The van der Waals surface area contributed by atoms with E-state index in [0.29, 0.717) is 5.95 Å². The zero-order valence-electron chi connectivity index (χ0n) is 12.0. The Morgan fingerprint density at radius 3 is 2.62 bits per heavy atom. The molecule has 0 radical (unpaired) electrons. The number of aryl methyl sites for hydroxylation is 1. The first-order chi connectivity index (χ1) is 10.2. The molecule has 4 heteroatoms. The number of hydrogen-bond acceptors (Lipinski definition) is 2. The Kier molecular flexibility index (Phi) is 3.97. The van der Waals surface area contributed by atoms with Crippen molar-refractivity contribution in [1.29, 1.82) is 0 Å². The average Bonchev–Trinajstić information content (AvgIpc) is 2.81. The van der Waals surface area contributed by atoms with Crippen LogP contribution in [0.2, 0.25) is 0 Å². The summed E-state index contributed by atoms with van der Waals surface area (Å²) >= 11 is 3.51. The van der Waals surface area contributed by atoms with Gasteiger partial charge in [-0.3, -0.25) is 4.57 Å². The quantitative estimate of drug-likeness (QED) is 0.745. The lowest BCUT2D eigenvalue weighted by Gasteiger charge is -2.08. The number of rotatable bonds is 4. The molecule has 3 rings (SSSR count). The molecule has 2 N–H and O–H groups in total. The van der Waals surface area contributed by atoms with Gasteiger partial charge in [-0.2, -0.15) is 0 Å². The molecule has 1 aromatic heterocycles. The predicted octanol–water partition coefficient (Wildman–Crippen LogP) is 4.71. The maximum atomic E-state index is 6.09. The van der Waals surface area contributed by atoms with E-state index in [2.05, 4.69) is 52.1 Å². The van der Waals surface area contributed by atoms with Gasteiger partial charge in [-0.15, -0.1) is 0 Å². The molecule has 0 saturated heterocycles. The Labute approximate surface area is 132 Å². The zero-order valence-corrected chi connectivity index (χ0v) is 13.6. The van der Waals surface area contributed by atoms with Crippen molar-refractivity contribution in [3.63, 3.8) is 0 Å². The first kappa shape index (κ1) is 14.1. The fourth-order valence-electron chi connectivity index (χ4n) is 2.53. The van der Waals surface area contributed by atoms with Gasteiger partial charge in [-0.1, -0.05) is 41.4 Å². The second-order valence-electron chi connectivity index (χ2n) is 5.21. The van der Waals surface area contributed by atoms with Gasteiger partial charge >= 0.3 is 0 Å². The van der Waals surface area contributed by atoms with Crippen LogP contribution in [0.1, 0.15) is 25.3 Å². The second-order valence-corrected chi connectivity index (χ2v) is 6.12. The van der Waals surface area contributed by atoms with Crippen molar-refractivity contribution in [2.45, 2.75) is 26.2 Å². The number of fused-ring (bicyclic) bond motifs is 1. The van der Waals surface area contributed by atoms with Gasteiger partial charge in [0.1, 0.15) is 0 Å². The molecule has 0 atom stereocenters. The second kappa shape index (κ2) is 5.90. The molecule has 0 unspecified atom stereocenters. The summed E-state index contributed by atoms with van der Waals surface area (Å²) in [5.41, 5.74) is 10.4. The number of aromatic nitrogens is 2. The standard InChI is InChI=1S/C17H18BrN3/c1-2-3-4-12-5-8-14(9-6-12)21-16-11-13(18)7-10-15(16)20-17(21)19/h5-11H,2-4H2,1H3,(H2,19,20). The van der Waals surface area contributed by atoms with Gasteiger partial charge in [0.15, 0.2) is 0 Å². The molecular formula is C17H18BrN3. The molecule has 2 aromatic carbocycles. The van der Waals surface area contributed by atoms with Gasteiger partial charge in [0.2, 0.25) is 5.95 Å². The highest BCUT2D eigenvalue weighted by atomic mass is 79.9. The molecule has 0 fully saturated rings. The number of nitrogens with two attached hydrogens (primary N) is 1. The Morgan fingerprint density at radius 1 is 1.14 bits per heavy atom. The summed E-state index contributed by atoms with van der Waals surface area (Å²) in [4.78, 5) is 4.42. The minimum absolute atomic E-state index is 0.518. The van der Waals surface area contributed by atoms with Crippen molar-refractivity contribution in [3.05, 3.63) is 52.5 Å². The zero-order chi connectivity index (χ0) is 14.8. The van der Waals surface area contributed by atoms with Crippen LogP contribution in [0.25, 0.3) is 16.7 Å². The van der Waals surface area contributed by atoms with Crippen molar-refractivity contribution in [3.8, 4) is 5.69 Å². The van der Waals surface area contributed by atoms with E-state index in [9.17, 15) is 0 Å². The summed E-state index contributed by atoms with van der Waals surface area (Å²) in [6.07, 6.45) is 3.57. The molecule has 0 amide bonds. The SMILES string of the molecule is CCCCc1ccc(-n2c(N)nc3ccc(Br)cc32)cc1. The smallest absolute Gasteiger partial charge is 0.205 e. The Morgan fingerprint density at radius 2 is 1.90 bits per heavy atom. The molecular weight excluding hydrogens is 326 g/mol. The van der Waals surface area contributed by atoms with Crippen LogP contribution in [-0.4, -0.2) is 9.55 Å². The third-order valence-electron chi connectivity index (χ3n) is 3.66. The summed E-state index contributed by atoms with van der Waals surface area (Å²) in [5.74, 6) is 0.518. The normalized spacial score (nSPS) is 11.1. The fourth-order valence-corrected chi connectivity index (χ4v) is 2.88. The third-order valence-corrected chi connectivity index (χ3v) is 4.15. The molecule has 0 aliphatic rings. The van der Waals surface area contributed by atoms with Crippen molar-refractivity contribution in [1.82, 2.24) is 9.55 Å². The molecule has 0 spiro atoms. The van der Waals surface area contributed by atoms with E-state index in [4.69, 9.17) is 5.73 Å². The molecule has 0 bridgehead atoms. The van der Waals surface area contributed by atoms with Crippen LogP contribution < -0.4 is 5.73 Å². The largest absolute Gasteiger partial charge is 0.369 e. The lowest BCUT2D eigenvalue weighted by Crippen LogP contribution is -2.00.